The average molecular weight is 278 g/mol. The van der Waals surface area contributed by atoms with Crippen LogP contribution in [0.3, 0.4) is 0 Å². The van der Waals surface area contributed by atoms with Crippen LogP contribution in [0, 0.1) is 5.92 Å². The maximum atomic E-state index is 5.98. The molecule has 2 heterocycles. The van der Waals surface area contributed by atoms with Crippen LogP contribution in [0.4, 0.5) is 5.69 Å². The summed E-state index contributed by atoms with van der Waals surface area (Å²) in [5.41, 5.74) is 12.0. The topological polar surface area (TPSA) is 56.7 Å². The van der Waals surface area contributed by atoms with E-state index >= 15 is 0 Å². The molecule has 0 bridgehead atoms. The molecule has 2 aromatic heterocycles. The molecule has 1 aliphatic carbocycles. The van der Waals surface area contributed by atoms with E-state index in [1.165, 1.54) is 22.2 Å². The molecular formula is C17H18N4. The highest BCUT2D eigenvalue weighted by atomic mass is 15.0. The highest BCUT2D eigenvalue weighted by Gasteiger charge is 2.26. The van der Waals surface area contributed by atoms with E-state index in [0.717, 1.165) is 30.8 Å². The number of rotatable bonds is 2. The van der Waals surface area contributed by atoms with Gasteiger partial charge in [0.25, 0.3) is 0 Å². The van der Waals surface area contributed by atoms with E-state index in [0.29, 0.717) is 5.92 Å². The van der Waals surface area contributed by atoms with E-state index in [2.05, 4.69) is 33.6 Å². The molecule has 0 radical (unpaired) electrons. The Morgan fingerprint density at radius 2 is 2.19 bits per heavy atom. The lowest BCUT2D eigenvalue weighted by atomic mass is 10.1. The number of nitrogens with zero attached hydrogens (tertiary/aromatic N) is 3. The Balaban J connectivity index is 1.90. The third kappa shape index (κ3) is 1.98. The zero-order valence-electron chi connectivity index (χ0n) is 12.1. The Morgan fingerprint density at radius 3 is 3.00 bits per heavy atom. The van der Waals surface area contributed by atoms with Crippen molar-refractivity contribution in [1.82, 2.24) is 14.5 Å². The van der Waals surface area contributed by atoms with Crippen LogP contribution < -0.4 is 5.73 Å². The summed E-state index contributed by atoms with van der Waals surface area (Å²) in [6.45, 7) is 3.08. The van der Waals surface area contributed by atoms with Crippen LogP contribution >= 0.6 is 0 Å². The molecule has 1 unspecified atom stereocenters. The Bertz CT molecular complexity index is 805. The fourth-order valence-corrected chi connectivity index (χ4v) is 3.46. The fraction of sp³-hybridized carbons (Fsp3) is 0.294. The SMILES string of the molecule is CC1Cc2c(n(Cc3cnccn3)c3ccc(N)cc23)C1. The quantitative estimate of drug-likeness (QED) is 0.733. The third-order valence-electron chi connectivity index (χ3n) is 4.34. The smallest absolute Gasteiger partial charge is 0.0784 e. The highest BCUT2D eigenvalue weighted by molar-refractivity contribution is 5.89. The van der Waals surface area contributed by atoms with Crippen molar-refractivity contribution in [3.63, 3.8) is 0 Å². The van der Waals surface area contributed by atoms with Gasteiger partial charge >= 0.3 is 0 Å². The fourth-order valence-electron chi connectivity index (χ4n) is 3.46. The van der Waals surface area contributed by atoms with E-state index in [1.807, 2.05) is 12.3 Å². The second-order valence-electron chi connectivity index (χ2n) is 6.00. The zero-order valence-corrected chi connectivity index (χ0v) is 12.1. The maximum Gasteiger partial charge on any atom is 0.0784 e. The molecule has 0 amide bonds. The van der Waals surface area contributed by atoms with E-state index < -0.39 is 0 Å². The van der Waals surface area contributed by atoms with E-state index in [1.54, 1.807) is 12.4 Å². The van der Waals surface area contributed by atoms with Gasteiger partial charge in [0.1, 0.15) is 0 Å². The summed E-state index contributed by atoms with van der Waals surface area (Å²) < 4.78 is 2.39. The normalized spacial score (nSPS) is 17.3. The minimum Gasteiger partial charge on any atom is -0.399 e. The summed E-state index contributed by atoms with van der Waals surface area (Å²) in [7, 11) is 0. The molecule has 4 rings (SSSR count). The van der Waals surface area contributed by atoms with Crippen molar-refractivity contribution in [2.45, 2.75) is 26.3 Å². The summed E-state index contributed by atoms with van der Waals surface area (Å²) >= 11 is 0. The van der Waals surface area contributed by atoms with Crippen molar-refractivity contribution in [1.29, 1.82) is 0 Å². The molecule has 1 aromatic carbocycles. The lowest BCUT2D eigenvalue weighted by Gasteiger charge is -2.10. The molecular weight excluding hydrogens is 260 g/mol. The van der Waals surface area contributed by atoms with Gasteiger partial charge in [-0.3, -0.25) is 9.97 Å². The third-order valence-corrected chi connectivity index (χ3v) is 4.34. The lowest BCUT2D eigenvalue weighted by molar-refractivity contribution is 0.607. The van der Waals surface area contributed by atoms with Crippen molar-refractivity contribution in [2.24, 2.45) is 5.92 Å². The van der Waals surface area contributed by atoms with Gasteiger partial charge in [-0.05, 0) is 42.5 Å². The van der Waals surface area contributed by atoms with Gasteiger partial charge in [0.15, 0.2) is 0 Å². The predicted octanol–water partition coefficient (Wildman–Crippen LogP) is 2.80. The van der Waals surface area contributed by atoms with Crippen LogP contribution in [0.2, 0.25) is 0 Å². The van der Waals surface area contributed by atoms with Crippen LogP contribution in [0.5, 0.6) is 0 Å². The lowest BCUT2D eigenvalue weighted by Crippen LogP contribution is -2.06. The molecule has 0 spiro atoms. The molecule has 1 aliphatic rings. The number of fused-ring (bicyclic) bond motifs is 3. The number of hydrogen-bond donors (Lipinski definition) is 1. The first kappa shape index (κ1) is 12.4. The van der Waals surface area contributed by atoms with E-state index in [-0.39, 0.29) is 0 Å². The Kier molecular flexibility index (Phi) is 2.70. The Morgan fingerprint density at radius 1 is 1.29 bits per heavy atom. The molecule has 21 heavy (non-hydrogen) atoms. The van der Waals surface area contributed by atoms with Crippen molar-refractivity contribution in [3.05, 3.63) is 53.7 Å². The largest absolute Gasteiger partial charge is 0.399 e. The average Bonchev–Trinajstić information content (AvgIpc) is 2.98. The van der Waals surface area contributed by atoms with Crippen molar-refractivity contribution < 1.29 is 0 Å². The molecule has 106 valence electrons. The molecule has 1 atom stereocenters. The predicted molar refractivity (Wildman–Crippen MR) is 84.1 cm³/mol. The monoisotopic (exact) mass is 278 g/mol. The molecule has 0 saturated heterocycles. The molecule has 0 aliphatic heterocycles. The molecule has 4 heteroatoms. The van der Waals surface area contributed by atoms with E-state index in [4.69, 9.17) is 5.73 Å². The first-order chi connectivity index (χ1) is 10.2. The van der Waals surface area contributed by atoms with Crippen LogP contribution in [0.15, 0.2) is 36.8 Å². The van der Waals surface area contributed by atoms with Gasteiger partial charge in [-0.15, -0.1) is 0 Å². The number of nitrogen functional groups attached to an aromatic ring is 1. The zero-order chi connectivity index (χ0) is 14.4. The van der Waals surface area contributed by atoms with E-state index in [9.17, 15) is 0 Å². The van der Waals surface area contributed by atoms with Crippen molar-refractivity contribution in [3.8, 4) is 0 Å². The molecule has 0 fully saturated rings. The van der Waals surface area contributed by atoms with Gasteiger partial charge in [-0.2, -0.15) is 0 Å². The van der Waals surface area contributed by atoms with Crippen molar-refractivity contribution >= 4 is 16.6 Å². The summed E-state index contributed by atoms with van der Waals surface area (Å²) in [5.74, 6) is 0.703. The summed E-state index contributed by atoms with van der Waals surface area (Å²) in [4.78, 5) is 8.59. The molecule has 2 N–H and O–H groups in total. The standard InChI is InChI=1S/C17H18N4/c1-11-6-14-15-8-12(18)2-3-16(15)21(17(14)7-11)10-13-9-19-4-5-20-13/h2-5,8-9,11H,6-7,10,18H2,1H3. The van der Waals surface area contributed by atoms with Gasteiger partial charge in [0.2, 0.25) is 0 Å². The summed E-state index contributed by atoms with van der Waals surface area (Å²) in [6.07, 6.45) is 7.58. The van der Waals surface area contributed by atoms with Gasteiger partial charge in [-0.1, -0.05) is 6.92 Å². The highest BCUT2D eigenvalue weighted by Crippen LogP contribution is 2.36. The van der Waals surface area contributed by atoms with Crippen molar-refractivity contribution in [2.75, 3.05) is 5.73 Å². The first-order valence-corrected chi connectivity index (χ1v) is 7.36. The van der Waals surface area contributed by atoms with Gasteiger partial charge in [0, 0.05) is 34.7 Å². The second kappa shape index (κ2) is 4.58. The first-order valence-electron chi connectivity index (χ1n) is 7.36. The van der Waals surface area contributed by atoms with Crippen LogP contribution in [-0.4, -0.2) is 14.5 Å². The number of aromatic nitrogens is 3. The Hall–Kier alpha value is -2.36. The van der Waals surface area contributed by atoms with Crippen LogP contribution in [0.1, 0.15) is 23.9 Å². The number of anilines is 1. The minimum atomic E-state index is 0.703. The maximum absolute atomic E-state index is 5.98. The molecule has 3 aromatic rings. The number of benzene rings is 1. The molecule has 0 saturated carbocycles. The van der Waals surface area contributed by atoms with Gasteiger partial charge in [0.05, 0.1) is 18.4 Å². The number of hydrogen-bond acceptors (Lipinski definition) is 3. The molecule has 4 nitrogen and oxygen atoms in total. The minimum absolute atomic E-state index is 0.703. The van der Waals surface area contributed by atoms with Crippen LogP contribution in [0.25, 0.3) is 10.9 Å². The summed E-state index contributed by atoms with van der Waals surface area (Å²) in [6, 6.07) is 6.22. The Labute approximate surface area is 123 Å². The number of nitrogens with two attached hydrogens (primary N) is 1. The van der Waals surface area contributed by atoms with Crippen LogP contribution in [-0.2, 0) is 19.4 Å². The van der Waals surface area contributed by atoms with Gasteiger partial charge in [-0.25, -0.2) is 0 Å². The summed E-state index contributed by atoms with van der Waals surface area (Å²) in [5, 5.41) is 1.30. The van der Waals surface area contributed by atoms with Gasteiger partial charge < -0.3 is 10.3 Å². The second-order valence-corrected chi connectivity index (χ2v) is 6.00.